The topological polar surface area (TPSA) is 67.6 Å². The molecule has 0 radical (unpaired) electrons. The van der Waals surface area contributed by atoms with Crippen molar-refractivity contribution in [2.45, 2.75) is 57.4 Å². The Labute approximate surface area is 246 Å². The Kier molecular flexibility index (Phi) is 9.44. The number of hydrogen-bond acceptors (Lipinski definition) is 6. The SMILES string of the molecule is c1ccc(CO[C@H]2[C@H](OCc3ccccc3)[C@@H](OCc3ccccc3)c3cnnn3C[C@H]2OCc2ccccc2)cc1. The van der Waals surface area contributed by atoms with Crippen LogP contribution in [0.4, 0.5) is 0 Å². The van der Waals surface area contributed by atoms with Gasteiger partial charge in [0.1, 0.15) is 24.4 Å². The van der Waals surface area contributed by atoms with Crippen molar-refractivity contribution in [1.29, 1.82) is 0 Å². The van der Waals surface area contributed by atoms with Crippen LogP contribution in [0.25, 0.3) is 0 Å². The molecule has 1 aromatic heterocycles. The Morgan fingerprint density at radius 1 is 0.524 bits per heavy atom. The number of nitrogens with zero attached hydrogens (tertiary/aromatic N) is 3. The lowest BCUT2D eigenvalue weighted by atomic mass is 10.0. The van der Waals surface area contributed by atoms with E-state index in [4.69, 9.17) is 18.9 Å². The first kappa shape index (κ1) is 28.0. The molecule has 6 rings (SSSR count). The molecule has 1 aliphatic rings. The second-order valence-electron chi connectivity index (χ2n) is 10.4. The second-order valence-corrected chi connectivity index (χ2v) is 10.4. The zero-order valence-corrected chi connectivity index (χ0v) is 23.4. The van der Waals surface area contributed by atoms with Crippen LogP contribution in [-0.4, -0.2) is 33.3 Å². The van der Waals surface area contributed by atoms with Crippen LogP contribution in [0.3, 0.4) is 0 Å². The number of aromatic nitrogens is 3. The summed E-state index contributed by atoms with van der Waals surface area (Å²) in [6.07, 6.45) is -0.0590. The number of ether oxygens (including phenoxy) is 4. The maximum absolute atomic E-state index is 6.76. The lowest BCUT2D eigenvalue weighted by Crippen LogP contribution is -2.45. The molecule has 4 aromatic carbocycles. The molecule has 0 unspecified atom stereocenters. The molecule has 7 nitrogen and oxygen atoms in total. The first-order chi connectivity index (χ1) is 20.8. The second kappa shape index (κ2) is 14.2. The van der Waals surface area contributed by atoms with E-state index in [9.17, 15) is 0 Å². The van der Waals surface area contributed by atoms with E-state index in [2.05, 4.69) is 58.8 Å². The molecule has 0 saturated heterocycles. The summed E-state index contributed by atoms with van der Waals surface area (Å²) in [5.74, 6) is 0. The van der Waals surface area contributed by atoms with Gasteiger partial charge in [-0.25, -0.2) is 4.68 Å². The zero-order chi connectivity index (χ0) is 28.4. The summed E-state index contributed by atoms with van der Waals surface area (Å²) in [5.41, 5.74) is 5.13. The van der Waals surface area contributed by atoms with Gasteiger partial charge in [-0.3, -0.25) is 0 Å². The number of benzene rings is 4. The van der Waals surface area contributed by atoms with Crippen molar-refractivity contribution in [1.82, 2.24) is 15.0 Å². The van der Waals surface area contributed by atoms with Crippen LogP contribution in [-0.2, 0) is 51.9 Å². The van der Waals surface area contributed by atoms with Crippen molar-refractivity contribution < 1.29 is 18.9 Å². The van der Waals surface area contributed by atoms with E-state index in [1.165, 1.54) is 0 Å². The van der Waals surface area contributed by atoms with Crippen molar-refractivity contribution in [3.05, 3.63) is 155 Å². The molecule has 0 aliphatic carbocycles. The molecule has 7 heteroatoms. The number of fused-ring (bicyclic) bond motifs is 1. The van der Waals surface area contributed by atoms with Gasteiger partial charge in [0.25, 0.3) is 0 Å². The van der Waals surface area contributed by atoms with Crippen LogP contribution >= 0.6 is 0 Å². The monoisotopic (exact) mass is 561 g/mol. The van der Waals surface area contributed by atoms with Gasteiger partial charge in [0.05, 0.1) is 44.9 Å². The summed E-state index contributed by atoms with van der Waals surface area (Å²) < 4.78 is 28.7. The lowest BCUT2D eigenvalue weighted by molar-refractivity contribution is -0.188. The molecule has 2 heterocycles. The van der Waals surface area contributed by atoms with E-state index < -0.39 is 18.3 Å². The molecule has 0 spiro atoms. The third-order valence-corrected chi connectivity index (χ3v) is 7.43. The highest BCUT2D eigenvalue weighted by atomic mass is 16.6. The molecule has 0 saturated carbocycles. The van der Waals surface area contributed by atoms with Gasteiger partial charge in [0.15, 0.2) is 0 Å². The van der Waals surface area contributed by atoms with Crippen molar-refractivity contribution >= 4 is 0 Å². The molecule has 1 aliphatic heterocycles. The number of rotatable bonds is 12. The summed E-state index contributed by atoms with van der Waals surface area (Å²) in [6, 6.07) is 40.6. The quantitative estimate of drug-likeness (QED) is 0.178. The highest BCUT2D eigenvalue weighted by molar-refractivity contribution is 5.17. The molecule has 214 valence electrons. The fourth-order valence-corrected chi connectivity index (χ4v) is 5.24. The normalized spacial score (nSPS) is 20.1. The fraction of sp³-hybridized carbons (Fsp3) is 0.257. The molecule has 4 atom stereocenters. The molecular formula is C35H35N3O4. The van der Waals surface area contributed by atoms with Crippen molar-refractivity contribution in [3.63, 3.8) is 0 Å². The maximum atomic E-state index is 6.76. The Morgan fingerprint density at radius 2 is 0.952 bits per heavy atom. The summed E-state index contributed by atoms with van der Waals surface area (Å²) in [5, 5.41) is 8.68. The molecule has 5 aromatic rings. The molecule has 0 amide bonds. The summed E-state index contributed by atoms with van der Waals surface area (Å²) >= 11 is 0. The van der Waals surface area contributed by atoms with Gasteiger partial charge < -0.3 is 18.9 Å². The van der Waals surface area contributed by atoms with Gasteiger partial charge in [0, 0.05) is 0 Å². The Morgan fingerprint density at radius 3 is 1.45 bits per heavy atom. The van der Waals surface area contributed by atoms with Crippen molar-refractivity contribution in [2.24, 2.45) is 0 Å². The predicted octanol–water partition coefficient (Wildman–Crippen LogP) is 6.31. The molecular weight excluding hydrogens is 526 g/mol. The van der Waals surface area contributed by atoms with Crippen LogP contribution in [0.2, 0.25) is 0 Å². The summed E-state index contributed by atoms with van der Waals surface area (Å²) in [4.78, 5) is 0. The Hall–Kier alpha value is -4.14. The highest BCUT2D eigenvalue weighted by Gasteiger charge is 2.44. The van der Waals surface area contributed by atoms with Crippen LogP contribution in [0.1, 0.15) is 34.1 Å². The minimum absolute atomic E-state index is 0.375. The van der Waals surface area contributed by atoms with Crippen LogP contribution < -0.4 is 0 Å². The van der Waals surface area contributed by atoms with E-state index in [1.807, 2.05) is 77.5 Å². The largest absolute Gasteiger partial charge is 0.369 e. The van der Waals surface area contributed by atoms with E-state index >= 15 is 0 Å². The van der Waals surface area contributed by atoms with Gasteiger partial charge in [-0.15, -0.1) is 5.10 Å². The average Bonchev–Trinajstić information content (AvgIpc) is 3.47. The third kappa shape index (κ3) is 7.19. The lowest BCUT2D eigenvalue weighted by Gasteiger charge is -2.34. The molecule has 42 heavy (non-hydrogen) atoms. The zero-order valence-electron chi connectivity index (χ0n) is 23.4. The van der Waals surface area contributed by atoms with Crippen molar-refractivity contribution in [3.8, 4) is 0 Å². The minimum Gasteiger partial charge on any atom is -0.369 e. The van der Waals surface area contributed by atoms with Crippen LogP contribution in [0.15, 0.2) is 128 Å². The third-order valence-electron chi connectivity index (χ3n) is 7.43. The van der Waals surface area contributed by atoms with Gasteiger partial charge in [-0.2, -0.15) is 0 Å². The molecule has 0 fully saturated rings. The summed E-state index contributed by atoms with van der Waals surface area (Å²) in [6.45, 7) is 2.10. The van der Waals surface area contributed by atoms with E-state index in [0.29, 0.717) is 33.0 Å². The first-order valence-electron chi connectivity index (χ1n) is 14.3. The smallest absolute Gasteiger partial charge is 0.130 e. The van der Waals surface area contributed by atoms with E-state index in [1.54, 1.807) is 6.20 Å². The summed E-state index contributed by atoms with van der Waals surface area (Å²) in [7, 11) is 0. The average molecular weight is 562 g/mol. The first-order valence-corrected chi connectivity index (χ1v) is 14.3. The standard InChI is InChI=1S/C35H35N3O4/c1-5-13-27(14-6-1)23-39-32-22-38-31(21-36-37-38)33(40-24-28-15-7-2-8-16-28)35(42-26-30-19-11-4-12-20-30)34(32)41-25-29-17-9-3-10-18-29/h1-21,32-35H,22-26H2/t32-,33+,34-,35-/m1/s1. The van der Waals surface area contributed by atoms with Crippen LogP contribution in [0.5, 0.6) is 0 Å². The van der Waals surface area contributed by atoms with E-state index in [-0.39, 0.29) is 6.10 Å². The minimum atomic E-state index is -0.502. The van der Waals surface area contributed by atoms with Gasteiger partial charge >= 0.3 is 0 Å². The number of hydrogen-bond donors (Lipinski definition) is 0. The van der Waals surface area contributed by atoms with Gasteiger partial charge in [-0.05, 0) is 22.3 Å². The van der Waals surface area contributed by atoms with E-state index in [0.717, 1.165) is 27.9 Å². The van der Waals surface area contributed by atoms with Crippen LogP contribution in [0, 0.1) is 0 Å². The highest BCUT2D eigenvalue weighted by Crippen LogP contribution is 2.35. The Bertz CT molecular complexity index is 1480. The predicted molar refractivity (Wildman–Crippen MR) is 159 cm³/mol. The Balaban J connectivity index is 1.34. The van der Waals surface area contributed by atoms with Crippen molar-refractivity contribution in [2.75, 3.05) is 0 Å². The fourth-order valence-electron chi connectivity index (χ4n) is 5.24. The van der Waals surface area contributed by atoms with Gasteiger partial charge in [0.2, 0.25) is 0 Å². The molecule has 0 N–H and O–H groups in total. The maximum Gasteiger partial charge on any atom is 0.130 e. The van der Waals surface area contributed by atoms with Gasteiger partial charge in [-0.1, -0.05) is 127 Å². The molecule has 0 bridgehead atoms.